The van der Waals surface area contributed by atoms with Gasteiger partial charge < -0.3 is 9.13 Å². The zero-order valence-electron chi connectivity index (χ0n) is 26.5. The Morgan fingerprint density at radius 1 is 0.510 bits per heavy atom. The van der Waals surface area contributed by atoms with Crippen LogP contribution in [0.1, 0.15) is 5.69 Å². The zero-order chi connectivity index (χ0) is 32.2. The molecule has 0 bridgehead atoms. The molecule has 0 aliphatic rings. The largest absolute Gasteiger partial charge is 0.309 e. The molecule has 0 aliphatic carbocycles. The maximum atomic E-state index is 5.09. The van der Waals surface area contributed by atoms with E-state index in [2.05, 4.69) is 149 Å². The lowest BCUT2D eigenvalue weighted by atomic mass is 10.1. The average Bonchev–Trinajstić information content (AvgIpc) is 3.89. The van der Waals surface area contributed by atoms with Gasteiger partial charge in [-0.05, 0) is 79.7 Å². The Morgan fingerprint density at radius 3 is 2.04 bits per heavy atom. The SMILES string of the molecule is Cc1cc2c3ccccc3nc(-c3ccc(-n4c5cc6c7ccccc7n(-c7ccccc7)c6cc5c5c6ccccc6sc54)cc3)n2n1. The molecule has 5 nitrogen and oxygen atoms in total. The van der Waals surface area contributed by atoms with E-state index in [9.17, 15) is 0 Å². The van der Waals surface area contributed by atoms with Crippen LogP contribution >= 0.6 is 11.3 Å². The van der Waals surface area contributed by atoms with Crippen LogP contribution in [0.25, 0.3) is 92.2 Å². The summed E-state index contributed by atoms with van der Waals surface area (Å²) < 4.78 is 8.14. The molecule has 0 aliphatic heterocycles. The van der Waals surface area contributed by atoms with Gasteiger partial charge in [-0.15, -0.1) is 11.3 Å². The van der Waals surface area contributed by atoms with Gasteiger partial charge in [0.05, 0.1) is 33.3 Å². The number of aryl methyl sites for hydroxylation is 1. The van der Waals surface area contributed by atoms with Crippen molar-refractivity contribution in [3.05, 3.63) is 151 Å². The fourth-order valence-electron chi connectivity index (χ4n) is 7.81. The van der Waals surface area contributed by atoms with Crippen molar-refractivity contribution in [2.75, 3.05) is 0 Å². The lowest BCUT2D eigenvalue weighted by Crippen LogP contribution is -2.00. The summed E-state index contributed by atoms with van der Waals surface area (Å²) in [4.78, 5) is 6.34. The summed E-state index contributed by atoms with van der Waals surface area (Å²) in [6, 6.07) is 52.4. The van der Waals surface area contributed by atoms with Crippen molar-refractivity contribution in [2.45, 2.75) is 6.92 Å². The molecule has 0 saturated carbocycles. The van der Waals surface area contributed by atoms with Crippen LogP contribution in [0.4, 0.5) is 0 Å². The highest BCUT2D eigenvalue weighted by molar-refractivity contribution is 7.25. The van der Waals surface area contributed by atoms with E-state index >= 15 is 0 Å². The number of hydrogen-bond donors (Lipinski definition) is 0. The Kier molecular flexibility index (Phi) is 5.41. The number of hydrogen-bond acceptors (Lipinski definition) is 3. The van der Waals surface area contributed by atoms with E-state index in [1.165, 1.54) is 58.7 Å². The summed E-state index contributed by atoms with van der Waals surface area (Å²) in [5.74, 6) is 0.841. The Bertz CT molecular complexity index is 3100. The van der Waals surface area contributed by atoms with Crippen LogP contribution < -0.4 is 0 Å². The fraction of sp³-hybridized carbons (Fsp3) is 0.0233. The van der Waals surface area contributed by atoms with Gasteiger partial charge in [0, 0.05) is 54.0 Å². The van der Waals surface area contributed by atoms with Gasteiger partial charge in [-0.2, -0.15) is 5.10 Å². The number of rotatable bonds is 3. The van der Waals surface area contributed by atoms with Crippen LogP contribution in [0.3, 0.4) is 0 Å². The minimum Gasteiger partial charge on any atom is -0.309 e. The second kappa shape index (κ2) is 9.89. The smallest absolute Gasteiger partial charge is 0.161 e. The van der Waals surface area contributed by atoms with Crippen molar-refractivity contribution in [3.63, 3.8) is 0 Å². The molecule has 0 amide bonds. The maximum absolute atomic E-state index is 5.09. The second-order valence-electron chi connectivity index (χ2n) is 12.8. The molecule has 0 unspecified atom stereocenters. The van der Waals surface area contributed by atoms with Gasteiger partial charge in [-0.3, -0.25) is 0 Å². The molecule has 0 N–H and O–H groups in total. The van der Waals surface area contributed by atoms with Gasteiger partial charge in [0.1, 0.15) is 4.83 Å². The molecule has 0 radical (unpaired) electrons. The summed E-state index contributed by atoms with van der Waals surface area (Å²) in [6.45, 7) is 2.04. The first-order valence-corrected chi connectivity index (χ1v) is 17.3. The minimum atomic E-state index is 0.841. The van der Waals surface area contributed by atoms with E-state index in [1.807, 2.05) is 28.8 Å². The molecular formula is C43H27N5S. The Hall–Kier alpha value is -6.24. The number of benzene rings is 6. The van der Waals surface area contributed by atoms with E-state index in [0.717, 1.165) is 39.2 Å². The third kappa shape index (κ3) is 3.75. The van der Waals surface area contributed by atoms with Crippen LogP contribution in [0.5, 0.6) is 0 Å². The highest BCUT2D eigenvalue weighted by Crippen LogP contribution is 2.45. The number of fused-ring (bicyclic) bond motifs is 11. The third-order valence-corrected chi connectivity index (χ3v) is 11.1. The van der Waals surface area contributed by atoms with E-state index < -0.39 is 0 Å². The standard InChI is InChI=1S/C43H27N5S/c1-26-23-39-31-14-5-8-16-35(31)44-42(48(39)45-26)27-19-21-29(22-20-27)47-38-24-33-30-13-6-9-17-36(30)46(28-11-3-2-4-12-28)37(33)25-34(38)41-32-15-7-10-18-40(32)49-43(41)47/h2-25H,1H3. The lowest BCUT2D eigenvalue weighted by molar-refractivity contribution is 0.921. The van der Waals surface area contributed by atoms with Gasteiger partial charge in [0.2, 0.25) is 0 Å². The van der Waals surface area contributed by atoms with Crippen molar-refractivity contribution >= 4 is 80.8 Å². The molecule has 0 saturated heterocycles. The zero-order valence-corrected chi connectivity index (χ0v) is 27.3. The fourth-order valence-corrected chi connectivity index (χ4v) is 9.06. The van der Waals surface area contributed by atoms with Crippen molar-refractivity contribution < 1.29 is 0 Å². The van der Waals surface area contributed by atoms with Crippen molar-refractivity contribution in [1.82, 2.24) is 23.7 Å². The number of aromatic nitrogens is 5. The normalized spacial score (nSPS) is 12.2. The van der Waals surface area contributed by atoms with Crippen LogP contribution in [-0.2, 0) is 0 Å². The van der Waals surface area contributed by atoms with Gasteiger partial charge in [-0.25, -0.2) is 9.50 Å². The average molecular weight is 646 g/mol. The predicted octanol–water partition coefficient (Wildman–Crippen LogP) is 11.3. The van der Waals surface area contributed by atoms with Crippen LogP contribution in [0, 0.1) is 6.92 Å². The molecule has 5 heterocycles. The summed E-state index contributed by atoms with van der Waals surface area (Å²) >= 11 is 1.86. The van der Waals surface area contributed by atoms with E-state index in [4.69, 9.17) is 10.1 Å². The van der Waals surface area contributed by atoms with Gasteiger partial charge in [0.25, 0.3) is 0 Å². The summed E-state index contributed by atoms with van der Waals surface area (Å²) in [5.41, 5.74) is 9.96. The third-order valence-electron chi connectivity index (χ3n) is 9.92. The summed E-state index contributed by atoms with van der Waals surface area (Å²) in [7, 11) is 0. The molecule has 6 heteroatoms. The summed E-state index contributed by atoms with van der Waals surface area (Å²) in [5, 5.41) is 12.3. The van der Waals surface area contributed by atoms with Gasteiger partial charge in [0.15, 0.2) is 5.82 Å². The molecule has 11 aromatic rings. The highest BCUT2D eigenvalue weighted by Gasteiger charge is 2.22. The number of thiophene rings is 1. The van der Waals surface area contributed by atoms with Crippen molar-refractivity contribution in [2.24, 2.45) is 0 Å². The van der Waals surface area contributed by atoms with E-state index in [0.29, 0.717) is 0 Å². The van der Waals surface area contributed by atoms with Crippen LogP contribution in [0.15, 0.2) is 146 Å². The van der Waals surface area contributed by atoms with Gasteiger partial charge in [-0.1, -0.05) is 72.8 Å². The molecule has 0 spiro atoms. The first-order chi connectivity index (χ1) is 24.2. The quantitative estimate of drug-likeness (QED) is 0.192. The van der Waals surface area contributed by atoms with Crippen LogP contribution in [-0.4, -0.2) is 23.7 Å². The monoisotopic (exact) mass is 645 g/mol. The van der Waals surface area contributed by atoms with Crippen molar-refractivity contribution in [1.29, 1.82) is 0 Å². The molecule has 230 valence electrons. The Morgan fingerprint density at radius 2 is 1.18 bits per heavy atom. The number of nitrogens with zero attached hydrogens (tertiary/aromatic N) is 5. The molecule has 0 atom stereocenters. The molecule has 5 aromatic heterocycles. The predicted molar refractivity (Wildman–Crippen MR) is 205 cm³/mol. The second-order valence-corrected chi connectivity index (χ2v) is 13.8. The molecule has 11 rings (SSSR count). The Balaban J connectivity index is 1.19. The van der Waals surface area contributed by atoms with E-state index in [-0.39, 0.29) is 0 Å². The first kappa shape index (κ1) is 26.8. The minimum absolute atomic E-state index is 0.841. The lowest BCUT2D eigenvalue weighted by Gasteiger charge is -2.11. The van der Waals surface area contributed by atoms with Crippen LogP contribution in [0.2, 0.25) is 0 Å². The number of para-hydroxylation sites is 3. The molecule has 49 heavy (non-hydrogen) atoms. The Labute approximate surface area is 284 Å². The molecular weight excluding hydrogens is 619 g/mol. The molecule has 6 aromatic carbocycles. The highest BCUT2D eigenvalue weighted by atomic mass is 32.1. The first-order valence-electron chi connectivity index (χ1n) is 16.5. The van der Waals surface area contributed by atoms with Gasteiger partial charge >= 0.3 is 0 Å². The summed E-state index contributed by atoms with van der Waals surface area (Å²) in [6.07, 6.45) is 0. The van der Waals surface area contributed by atoms with Crippen molar-refractivity contribution in [3.8, 4) is 22.8 Å². The maximum Gasteiger partial charge on any atom is 0.161 e. The topological polar surface area (TPSA) is 40.0 Å². The molecule has 0 fully saturated rings. The van der Waals surface area contributed by atoms with E-state index in [1.54, 1.807) is 0 Å².